The van der Waals surface area contributed by atoms with E-state index in [-0.39, 0.29) is 17.9 Å². The Hall–Kier alpha value is -1.75. The topological polar surface area (TPSA) is 81.8 Å². The van der Waals surface area contributed by atoms with Crippen LogP contribution in [-0.2, 0) is 4.74 Å². The zero-order valence-corrected chi connectivity index (χ0v) is 9.55. The molecule has 0 aliphatic heterocycles. The molecular formula is C12H15NO4. The Kier molecular flexibility index (Phi) is 3.19. The largest absolute Gasteiger partial charge is 0.504 e. The summed E-state index contributed by atoms with van der Waals surface area (Å²) >= 11 is 0. The van der Waals surface area contributed by atoms with Crippen molar-refractivity contribution in [2.24, 2.45) is 5.73 Å². The summed E-state index contributed by atoms with van der Waals surface area (Å²) in [5.74, 6) is -0.180. The van der Waals surface area contributed by atoms with Crippen molar-refractivity contribution in [1.82, 2.24) is 0 Å². The van der Waals surface area contributed by atoms with Gasteiger partial charge in [-0.3, -0.25) is 0 Å². The summed E-state index contributed by atoms with van der Waals surface area (Å²) in [4.78, 5) is 11.2. The highest BCUT2D eigenvalue weighted by molar-refractivity contribution is 5.90. The lowest BCUT2D eigenvalue weighted by molar-refractivity contribution is 0.0600. The molecule has 5 nitrogen and oxygen atoms in total. The van der Waals surface area contributed by atoms with Crippen LogP contribution in [0.3, 0.4) is 0 Å². The number of methoxy groups -OCH3 is 1. The lowest BCUT2D eigenvalue weighted by Gasteiger charge is -2.32. The fourth-order valence-corrected chi connectivity index (χ4v) is 1.74. The van der Waals surface area contributed by atoms with Crippen LogP contribution in [0.5, 0.6) is 11.5 Å². The summed E-state index contributed by atoms with van der Waals surface area (Å²) in [6, 6.07) is 4.64. The third kappa shape index (κ3) is 2.50. The normalized spacial score (nSPS) is 22.7. The van der Waals surface area contributed by atoms with Crippen LogP contribution in [-0.4, -0.2) is 30.3 Å². The van der Waals surface area contributed by atoms with Gasteiger partial charge in [-0.1, -0.05) is 0 Å². The number of phenolic OH excluding ortho intramolecular Hbond substituents is 1. The van der Waals surface area contributed by atoms with Gasteiger partial charge in [-0.15, -0.1) is 0 Å². The summed E-state index contributed by atoms with van der Waals surface area (Å²) in [6.07, 6.45) is 1.64. The Bertz CT molecular complexity index is 427. The second kappa shape index (κ2) is 4.63. The van der Waals surface area contributed by atoms with E-state index in [1.165, 1.54) is 13.2 Å². The van der Waals surface area contributed by atoms with Crippen molar-refractivity contribution >= 4 is 5.97 Å². The van der Waals surface area contributed by atoms with Crippen molar-refractivity contribution < 1.29 is 19.4 Å². The number of esters is 1. The minimum atomic E-state index is -0.488. The first kappa shape index (κ1) is 11.7. The van der Waals surface area contributed by atoms with E-state index in [2.05, 4.69) is 4.74 Å². The van der Waals surface area contributed by atoms with Crippen molar-refractivity contribution in [3.63, 3.8) is 0 Å². The maximum absolute atomic E-state index is 11.2. The average molecular weight is 237 g/mol. The maximum Gasteiger partial charge on any atom is 0.337 e. The van der Waals surface area contributed by atoms with Crippen LogP contribution in [0.4, 0.5) is 0 Å². The molecule has 0 radical (unpaired) electrons. The summed E-state index contributed by atoms with van der Waals surface area (Å²) in [7, 11) is 1.29. The third-order valence-electron chi connectivity index (χ3n) is 2.80. The van der Waals surface area contributed by atoms with Gasteiger partial charge in [-0.25, -0.2) is 4.79 Å². The summed E-state index contributed by atoms with van der Waals surface area (Å²) in [5.41, 5.74) is 5.93. The number of phenols is 1. The monoisotopic (exact) mass is 237 g/mol. The number of carbonyl (C=O) groups excluding carboxylic acids is 1. The Labute approximate surface area is 99.1 Å². The second-order valence-corrected chi connectivity index (χ2v) is 4.15. The van der Waals surface area contributed by atoms with Crippen LogP contribution < -0.4 is 10.5 Å². The number of nitrogens with two attached hydrogens (primary N) is 1. The Balaban J connectivity index is 2.06. The SMILES string of the molecule is COC(=O)c1ccc(OC2CC(N)C2)c(O)c1. The Morgan fingerprint density at radius 2 is 2.18 bits per heavy atom. The predicted molar refractivity (Wildman–Crippen MR) is 61.1 cm³/mol. The molecule has 1 saturated carbocycles. The van der Waals surface area contributed by atoms with Crippen molar-refractivity contribution in [3.05, 3.63) is 23.8 Å². The quantitative estimate of drug-likeness (QED) is 0.768. The van der Waals surface area contributed by atoms with Gasteiger partial charge < -0.3 is 20.3 Å². The van der Waals surface area contributed by atoms with E-state index >= 15 is 0 Å². The van der Waals surface area contributed by atoms with Crippen molar-refractivity contribution in [2.45, 2.75) is 25.0 Å². The van der Waals surface area contributed by atoms with E-state index < -0.39 is 5.97 Å². The molecule has 1 fully saturated rings. The first-order chi connectivity index (χ1) is 8.10. The first-order valence-corrected chi connectivity index (χ1v) is 5.43. The fourth-order valence-electron chi connectivity index (χ4n) is 1.74. The lowest BCUT2D eigenvalue weighted by atomic mass is 9.90. The van der Waals surface area contributed by atoms with Crippen molar-refractivity contribution in [3.8, 4) is 11.5 Å². The average Bonchev–Trinajstić information content (AvgIpc) is 2.28. The van der Waals surface area contributed by atoms with Gasteiger partial charge in [-0.05, 0) is 31.0 Å². The molecule has 2 rings (SSSR count). The smallest absolute Gasteiger partial charge is 0.337 e. The fraction of sp³-hybridized carbons (Fsp3) is 0.417. The summed E-state index contributed by atoms with van der Waals surface area (Å²) < 4.78 is 10.1. The molecule has 3 N–H and O–H groups in total. The molecule has 0 atom stereocenters. The van der Waals surface area contributed by atoms with E-state index in [1.54, 1.807) is 12.1 Å². The van der Waals surface area contributed by atoms with Gasteiger partial charge in [0.15, 0.2) is 11.5 Å². The summed E-state index contributed by atoms with van der Waals surface area (Å²) in [6.45, 7) is 0. The number of hydrogen-bond donors (Lipinski definition) is 2. The zero-order valence-electron chi connectivity index (χ0n) is 9.55. The number of aromatic hydroxyl groups is 1. The first-order valence-electron chi connectivity index (χ1n) is 5.43. The lowest BCUT2D eigenvalue weighted by Crippen LogP contribution is -2.43. The van der Waals surface area contributed by atoms with Crippen LogP contribution in [0.2, 0.25) is 0 Å². The molecule has 1 aromatic carbocycles. The van der Waals surface area contributed by atoms with E-state index in [9.17, 15) is 9.90 Å². The van der Waals surface area contributed by atoms with Gasteiger partial charge in [0.05, 0.1) is 12.7 Å². The van der Waals surface area contributed by atoms with E-state index in [1.807, 2.05) is 0 Å². The van der Waals surface area contributed by atoms with E-state index in [0.717, 1.165) is 12.8 Å². The summed E-state index contributed by atoms with van der Waals surface area (Å²) in [5, 5.41) is 9.71. The van der Waals surface area contributed by atoms with Gasteiger partial charge in [0.1, 0.15) is 6.10 Å². The number of ether oxygens (including phenoxy) is 2. The molecular weight excluding hydrogens is 222 g/mol. The minimum absolute atomic E-state index is 0.0554. The van der Waals surface area contributed by atoms with Crippen LogP contribution in [0.25, 0.3) is 0 Å². The minimum Gasteiger partial charge on any atom is -0.504 e. The molecule has 1 aromatic rings. The van der Waals surface area contributed by atoms with Crippen LogP contribution in [0.1, 0.15) is 23.2 Å². The van der Waals surface area contributed by atoms with Gasteiger partial charge in [0, 0.05) is 6.04 Å². The predicted octanol–water partition coefficient (Wildman–Crippen LogP) is 1.05. The van der Waals surface area contributed by atoms with Crippen LogP contribution in [0.15, 0.2) is 18.2 Å². The molecule has 17 heavy (non-hydrogen) atoms. The number of rotatable bonds is 3. The highest BCUT2D eigenvalue weighted by Gasteiger charge is 2.28. The molecule has 0 saturated heterocycles. The third-order valence-corrected chi connectivity index (χ3v) is 2.80. The molecule has 0 amide bonds. The number of carbonyl (C=O) groups is 1. The molecule has 0 aromatic heterocycles. The van der Waals surface area contributed by atoms with Gasteiger partial charge in [0.2, 0.25) is 0 Å². The highest BCUT2D eigenvalue weighted by atomic mass is 16.5. The molecule has 0 spiro atoms. The maximum atomic E-state index is 11.2. The molecule has 0 unspecified atom stereocenters. The molecule has 1 aliphatic rings. The van der Waals surface area contributed by atoms with Crippen molar-refractivity contribution in [1.29, 1.82) is 0 Å². The second-order valence-electron chi connectivity index (χ2n) is 4.15. The Morgan fingerprint density at radius 1 is 1.47 bits per heavy atom. The molecule has 92 valence electrons. The zero-order chi connectivity index (χ0) is 12.4. The van der Waals surface area contributed by atoms with Crippen LogP contribution >= 0.6 is 0 Å². The van der Waals surface area contributed by atoms with Gasteiger partial charge in [-0.2, -0.15) is 0 Å². The molecule has 1 aliphatic carbocycles. The number of hydrogen-bond acceptors (Lipinski definition) is 5. The molecule has 5 heteroatoms. The Morgan fingerprint density at radius 3 is 2.71 bits per heavy atom. The van der Waals surface area contributed by atoms with E-state index in [0.29, 0.717) is 11.3 Å². The number of benzene rings is 1. The molecule has 0 heterocycles. The highest BCUT2D eigenvalue weighted by Crippen LogP contribution is 2.32. The molecule has 0 bridgehead atoms. The van der Waals surface area contributed by atoms with Gasteiger partial charge in [0.25, 0.3) is 0 Å². The van der Waals surface area contributed by atoms with E-state index in [4.69, 9.17) is 10.5 Å². The standard InChI is InChI=1S/C12H15NO4/c1-16-12(15)7-2-3-11(10(14)4-7)17-9-5-8(13)6-9/h2-4,8-9,14H,5-6,13H2,1H3. The van der Waals surface area contributed by atoms with Gasteiger partial charge >= 0.3 is 5.97 Å². The van der Waals surface area contributed by atoms with Crippen LogP contribution in [0, 0.1) is 0 Å². The van der Waals surface area contributed by atoms with Crippen molar-refractivity contribution in [2.75, 3.05) is 7.11 Å².